The smallest absolute Gasteiger partial charge is 0.0325 e. The van der Waals surface area contributed by atoms with Crippen LogP contribution >= 0.6 is 31.9 Å². The molecule has 0 bridgehead atoms. The molecule has 0 fully saturated rings. The van der Waals surface area contributed by atoms with Gasteiger partial charge in [0.1, 0.15) is 0 Å². The van der Waals surface area contributed by atoms with Crippen LogP contribution < -0.4 is 11.5 Å². The van der Waals surface area contributed by atoms with E-state index in [1.54, 1.807) is 0 Å². The molecule has 0 saturated carbocycles. The molecule has 4 heteroatoms. The summed E-state index contributed by atoms with van der Waals surface area (Å²) in [5, 5.41) is 0. The maximum atomic E-state index is 5.71. The number of halogens is 2. The molecule has 4 N–H and O–H groups in total. The lowest BCUT2D eigenvalue weighted by Crippen LogP contribution is -1.94. The van der Waals surface area contributed by atoms with Gasteiger partial charge in [0.15, 0.2) is 0 Å². The van der Waals surface area contributed by atoms with Gasteiger partial charge < -0.3 is 11.5 Å². The number of nitrogen functional groups attached to an aromatic ring is 2. The lowest BCUT2D eigenvalue weighted by molar-refractivity contribution is 1.17. The number of anilines is 2. The van der Waals surface area contributed by atoms with Gasteiger partial charge in [0.25, 0.3) is 0 Å². The first-order chi connectivity index (χ1) is 8.06. The fourth-order valence-corrected chi connectivity index (χ4v) is 2.69. The third kappa shape index (κ3) is 3.01. The average molecular weight is 356 g/mol. The van der Waals surface area contributed by atoms with Gasteiger partial charge in [-0.25, -0.2) is 0 Å². The molecule has 2 aromatic carbocycles. The molecule has 88 valence electrons. The molecule has 2 rings (SSSR count). The van der Waals surface area contributed by atoms with Gasteiger partial charge in [0.2, 0.25) is 0 Å². The third-order valence-electron chi connectivity index (χ3n) is 2.54. The van der Waals surface area contributed by atoms with E-state index in [2.05, 4.69) is 31.9 Å². The van der Waals surface area contributed by atoms with E-state index in [1.807, 2.05) is 36.4 Å². The minimum atomic E-state index is 0.761. The Kier molecular flexibility index (Phi) is 3.74. The zero-order valence-corrected chi connectivity index (χ0v) is 12.3. The van der Waals surface area contributed by atoms with E-state index in [0.717, 1.165) is 26.7 Å². The lowest BCUT2D eigenvalue weighted by Gasteiger charge is -2.08. The van der Waals surface area contributed by atoms with Gasteiger partial charge >= 0.3 is 0 Å². The highest BCUT2D eigenvalue weighted by atomic mass is 79.9. The Balaban J connectivity index is 2.31. The van der Waals surface area contributed by atoms with Crippen LogP contribution in [-0.2, 0) is 6.42 Å². The van der Waals surface area contributed by atoms with Crippen LogP contribution in [0.3, 0.4) is 0 Å². The summed E-state index contributed by atoms with van der Waals surface area (Å²) < 4.78 is 2.06. The summed E-state index contributed by atoms with van der Waals surface area (Å²) in [7, 11) is 0. The van der Waals surface area contributed by atoms with Crippen molar-refractivity contribution in [1.82, 2.24) is 0 Å². The molecule has 0 radical (unpaired) electrons. The van der Waals surface area contributed by atoms with Crippen molar-refractivity contribution < 1.29 is 0 Å². The van der Waals surface area contributed by atoms with E-state index >= 15 is 0 Å². The number of nitrogens with two attached hydrogens (primary N) is 2. The van der Waals surface area contributed by atoms with Crippen LogP contribution in [0.25, 0.3) is 0 Å². The quantitative estimate of drug-likeness (QED) is 0.801. The second kappa shape index (κ2) is 5.10. The van der Waals surface area contributed by atoms with Crippen LogP contribution in [0.5, 0.6) is 0 Å². The Morgan fingerprint density at radius 1 is 0.765 bits per heavy atom. The Hall–Kier alpha value is -1.00. The maximum absolute atomic E-state index is 5.71. The second-order valence-electron chi connectivity index (χ2n) is 3.88. The van der Waals surface area contributed by atoms with Crippen molar-refractivity contribution in [2.45, 2.75) is 6.42 Å². The van der Waals surface area contributed by atoms with E-state index in [9.17, 15) is 0 Å². The van der Waals surface area contributed by atoms with Crippen molar-refractivity contribution in [2.75, 3.05) is 11.5 Å². The second-order valence-corrected chi connectivity index (χ2v) is 5.59. The lowest BCUT2D eigenvalue weighted by atomic mass is 10.0. The van der Waals surface area contributed by atoms with Gasteiger partial charge in [-0.15, -0.1) is 0 Å². The van der Waals surface area contributed by atoms with Crippen LogP contribution in [0.1, 0.15) is 11.1 Å². The molecular weight excluding hydrogens is 344 g/mol. The summed E-state index contributed by atoms with van der Waals surface area (Å²) in [5.74, 6) is 0. The fraction of sp³-hybridized carbons (Fsp3) is 0.0769. The Labute approximate surface area is 117 Å². The predicted octanol–water partition coefficient (Wildman–Crippen LogP) is 3.97. The van der Waals surface area contributed by atoms with Crippen LogP contribution in [0.15, 0.2) is 45.3 Å². The molecule has 0 heterocycles. The highest BCUT2D eigenvalue weighted by Gasteiger charge is 2.05. The number of rotatable bonds is 2. The molecule has 0 saturated heterocycles. The van der Waals surface area contributed by atoms with Gasteiger partial charge in [-0.3, -0.25) is 0 Å². The summed E-state index contributed by atoms with van der Waals surface area (Å²) in [4.78, 5) is 0. The fourth-order valence-electron chi connectivity index (χ4n) is 1.62. The van der Waals surface area contributed by atoms with Crippen molar-refractivity contribution in [3.05, 3.63) is 56.5 Å². The van der Waals surface area contributed by atoms with E-state index in [4.69, 9.17) is 11.5 Å². The Morgan fingerprint density at radius 2 is 1.18 bits per heavy atom. The minimum absolute atomic E-state index is 0.761. The first kappa shape index (κ1) is 12.5. The van der Waals surface area contributed by atoms with Crippen molar-refractivity contribution in [3.63, 3.8) is 0 Å². The van der Waals surface area contributed by atoms with Gasteiger partial charge in [0.05, 0.1) is 0 Å². The number of hydrogen-bond acceptors (Lipinski definition) is 2. The van der Waals surface area contributed by atoms with E-state index in [1.165, 1.54) is 11.1 Å². The molecule has 0 aliphatic rings. The molecule has 0 spiro atoms. The Morgan fingerprint density at radius 3 is 1.53 bits per heavy atom. The van der Waals surface area contributed by atoms with Crippen LogP contribution in [0.2, 0.25) is 0 Å². The van der Waals surface area contributed by atoms with Gasteiger partial charge in [-0.1, -0.05) is 44.0 Å². The first-order valence-corrected chi connectivity index (χ1v) is 6.72. The number of hydrogen-bond donors (Lipinski definition) is 2. The summed E-state index contributed by atoms with van der Waals surface area (Å²) >= 11 is 7.05. The molecule has 0 atom stereocenters. The van der Waals surface area contributed by atoms with Crippen molar-refractivity contribution in [3.8, 4) is 0 Å². The normalized spacial score (nSPS) is 10.5. The molecule has 2 nitrogen and oxygen atoms in total. The zero-order valence-electron chi connectivity index (χ0n) is 9.08. The van der Waals surface area contributed by atoms with Gasteiger partial charge in [-0.05, 0) is 41.8 Å². The van der Waals surface area contributed by atoms with Crippen LogP contribution in [0.4, 0.5) is 11.4 Å². The molecule has 0 aromatic heterocycles. The topological polar surface area (TPSA) is 52.0 Å². The Bertz CT molecular complexity index is 504. The summed E-state index contributed by atoms with van der Waals surface area (Å²) in [6, 6.07) is 11.7. The predicted molar refractivity (Wildman–Crippen MR) is 79.9 cm³/mol. The zero-order chi connectivity index (χ0) is 12.4. The molecule has 0 aliphatic carbocycles. The summed E-state index contributed by atoms with van der Waals surface area (Å²) in [6.45, 7) is 0. The number of benzene rings is 2. The maximum Gasteiger partial charge on any atom is 0.0325 e. The van der Waals surface area contributed by atoms with Crippen LogP contribution in [0, 0.1) is 0 Å². The molecule has 2 aromatic rings. The molecular formula is C13H12Br2N2. The van der Waals surface area contributed by atoms with E-state index in [0.29, 0.717) is 0 Å². The van der Waals surface area contributed by atoms with Crippen molar-refractivity contribution in [1.29, 1.82) is 0 Å². The summed E-state index contributed by atoms with van der Waals surface area (Å²) in [5.41, 5.74) is 15.3. The molecule has 0 unspecified atom stereocenters. The average Bonchev–Trinajstić information content (AvgIpc) is 2.25. The molecule has 0 aliphatic heterocycles. The van der Waals surface area contributed by atoms with Gasteiger partial charge in [-0.2, -0.15) is 0 Å². The van der Waals surface area contributed by atoms with Gasteiger partial charge in [0, 0.05) is 20.3 Å². The van der Waals surface area contributed by atoms with Crippen molar-refractivity contribution >= 4 is 43.2 Å². The highest BCUT2D eigenvalue weighted by molar-refractivity contribution is 9.10. The van der Waals surface area contributed by atoms with Crippen molar-refractivity contribution in [2.24, 2.45) is 0 Å². The highest BCUT2D eigenvalue weighted by Crippen LogP contribution is 2.27. The molecule has 0 amide bonds. The monoisotopic (exact) mass is 354 g/mol. The minimum Gasteiger partial charge on any atom is -0.399 e. The van der Waals surface area contributed by atoms with E-state index in [-0.39, 0.29) is 0 Å². The summed E-state index contributed by atoms with van der Waals surface area (Å²) in [6.07, 6.45) is 0.835. The van der Waals surface area contributed by atoms with E-state index < -0.39 is 0 Å². The largest absolute Gasteiger partial charge is 0.399 e. The third-order valence-corrected chi connectivity index (χ3v) is 4.01. The first-order valence-electron chi connectivity index (χ1n) is 5.14. The molecule has 17 heavy (non-hydrogen) atoms. The standard InChI is InChI=1S/C13H12Br2N2/c14-12-6-10(16)3-1-8(12)5-9-2-4-11(17)7-13(9)15/h1-4,6-7H,5,16-17H2. The SMILES string of the molecule is Nc1ccc(Cc2ccc(N)cc2Br)c(Br)c1. The van der Waals surface area contributed by atoms with Crippen LogP contribution in [-0.4, -0.2) is 0 Å².